The number of fused-ring (bicyclic) bond motifs is 1. The summed E-state index contributed by atoms with van der Waals surface area (Å²) in [6, 6.07) is 13.1. The number of hydrogen-bond acceptors (Lipinski definition) is 5. The Balaban J connectivity index is 1.50. The molecule has 0 aliphatic heterocycles. The molecule has 0 fully saturated rings. The molecule has 30 heavy (non-hydrogen) atoms. The van der Waals surface area contributed by atoms with Gasteiger partial charge in [0.05, 0.1) is 4.47 Å². The first-order chi connectivity index (χ1) is 14.4. The fourth-order valence-electron chi connectivity index (χ4n) is 2.98. The number of pyridine rings is 1. The second-order valence-electron chi connectivity index (χ2n) is 6.74. The number of halogens is 2. The lowest BCUT2D eigenvalue weighted by Gasteiger charge is -2.13. The molecule has 0 radical (unpaired) electrons. The SMILES string of the molecule is Cc1ccc(-c2nc3ncccc3o2)cc1NC(=O)COc1c(C)cc(Br)cc1Br. The minimum atomic E-state index is -0.260. The molecule has 8 heteroatoms. The number of aryl methyl sites for hydroxylation is 2. The van der Waals surface area contributed by atoms with Crippen LogP contribution in [0.5, 0.6) is 5.75 Å². The van der Waals surface area contributed by atoms with Gasteiger partial charge < -0.3 is 14.5 Å². The van der Waals surface area contributed by atoms with Crippen molar-refractivity contribution in [3.63, 3.8) is 0 Å². The molecule has 0 aliphatic rings. The molecule has 4 aromatic rings. The molecule has 2 heterocycles. The van der Waals surface area contributed by atoms with E-state index in [0.29, 0.717) is 28.6 Å². The predicted molar refractivity (Wildman–Crippen MR) is 123 cm³/mol. The molecule has 0 saturated heterocycles. The van der Waals surface area contributed by atoms with Crippen LogP contribution in [0.4, 0.5) is 5.69 Å². The fourth-order valence-corrected chi connectivity index (χ4v) is 4.53. The quantitative estimate of drug-likeness (QED) is 0.340. The number of nitrogens with zero attached hydrogens (tertiary/aromatic N) is 2. The van der Waals surface area contributed by atoms with Gasteiger partial charge in [0.2, 0.25) is 5.89 Å². The van der Waals surface area contributed by atoms with E-state index in [-0.39, 0.29) is 12.5 Å². The number of anilines is 1. The van der Waals surface area contributed by atoms with Gasteiger partial charge in [-0.25, -0.2) is 4.98 Å². The highest BCUT2D eigenvalue weighted by Gasteiger charge is 2.13. The molecule has 6 nitrogen and oxygen atoms in total. The van der Waals surface area contributed by atoms with Crippen molar-refractivity contribution < 1.29 is 13.9 Å². The number of amides is 1. The van der Waals surface area contributed by atoms with Gasteiger partial charge in [-0.3, -0.25) is 4.79 Å². The van der Waals surface area contributed by atoms with Crippen LogP contribution in [-0.2, 0) is 4.79 Å². The first-order valence-corrected chi connectivity index (χ1v) is 10.7. The smallest absolute Gasteiger partial charge is 0.262 e. The Morgan fingerprint density at radius 2 is 1.97 bits per heavy atom. The summed E-state index contributed by atoms with van der Waals surface area (Å²) in [7, 11) is 0. The molecule has 0 atom stereocenters. The predicted octanol–water partition coefficient (Wildman–Crippen LogP) is 6.05. The zero-order valence-corrected chi connectivity index (χ0v) is 19.4. The Kier molecular flexibility index (Phi) is 5.87. The Labute approximate surface area is 189 Å². The molecule has 0 spiro atoms. The monoisotopic (exact) mass is 529 g/mol. The highest BCUT2D eigenvalue weighted by atomic mass is 79.9. The third kappa shape index (κ3) is 4.39. The van der Waals surface area contributed by atoms with Crippen molar-refractivity contribution in [1.29, 1.82) is 0 Å². The molecule has 2 aromatic carbocycles. The fraction of sp³-hybridized carbons (Fsp3) is 0.136. The molecular weight excluding hydrogens is 514 g/mol. The maximum Gasteiger partial charge on any atom is 0.262 e. The molecule has 152 valence electrons. The summed E-state index contributed by atoms with van der Waals surface area (Å²) in [5.41, 5.74) is 4.42. The van der Waals surface area contributed by atoms with E-state index < -0.39 is 0 Å². The normalized spacial score (nSPS) is 10.9. The van der Waals surface area contributed by atoms with Crippen molar-refractivity contribution in [2.75, 3.05) is 11.9 Å². The van der Waals surface area contributed by atoms with E-state index in [1.165, 1.54) is 0 Å². The Hall–Kier alpha value is -2.71. The van der Waals surface area contributed by atoms with Gasteiger partial charge in [-0.1, -0.05) is 22.0 Å². The summed E-state index contributed by atoms with van der Waals surface area (Å²) in [5.74, 6) is 0.825. The maximum atomic E-state index is 12.5. The summed E-state index contributed by atoms with van der Waals surface area (Å²) < 4.78 is 13.2. The third-order valence-electron chi connectivity index (χ3n) is 4.47. The number of nitrogens with one attached hydrogen (secondary N) is 1. The molecule has 1 N–H and O–H groups in total. The number of ether oxygens (including phenoxy) is 1. The second-order valence-corrected chi connectivity index (χ2v) is 8.51. The third-order valence-corrected chi connectivity index (χ3v) is 5.51. The molecule has 0 saturated carbocycles. The lowest BCUT2D eigenvalue weighted by Crippen LogP contribution is -2.21. The van der Waals surface area contributed by atoms with Crippen molar-refractivity contribution in [2.24, 2.45) is 0 Å². The minimum absolute atomic E-state index is 0.114. The molecule has 2 aromatic heterocycles. The van der Waals surface area contributed by atoms with E-state index in [0.717, 1.165) is 25.6 Å². The summed E-state index contributed by atoms with van der Waals surface area (Å²) in [4.78, 5) is 21.1. The minimum Gasteiger partial charge on any atom is -0.482 e. The molecular formula is C22H17Br2N3O3. The summed E-state index contributed by atoms with van der Waals surface area (Å²) in [5, 5.41) is 2.90. The number of hydrogen-bond donors (Lipinski definition) is 1. The Bertz CT molecular complexity index is 1200. The van der Waals surface area contributed by atoms with E-state index in [1.807, 2.05) is 50.2 Å². The molecule has 4 rings (SSSR count). The number of aromatic nitrogens is 2. The zero-order chi connectivity index (χ0) is 21.3. The van der Waals surface area contributed by atoms with Crippen molar-refractivity contribution in [3.8, 4) is 17.2 Å². The van der Waals surface area contributed by atoms with E-state index in [9.17, 15) is 4.79 Å². The van der Waals surface area contributed by atoms with Crippen molar-refractivity contribution in [2.45, 2.75) is 13.8 Å². The van der Waals surface area contributed by atoms with Crippen molar-refractivity contribution in [3.05, 3.63) is 68.7 Å². The van der Waals surface area contributed by atoms with E-state index in [2.05, 4.69) is 47.1 Å². The standard InChI is InChI=1S/C22H17Br2N3O3/c1-12-5-6-14(22-27-21-18(30-22)4-3-7-25-21)9-17(12)26-19(28)11-29-20-13(2)8-15(23)10-16(20)24/h3-10H,11H2,1-2H3,(H,26,28). The van der Waals surface area contributed by atoms with Crippen LogP contribution in [0.15, 0.2) is 62.0 Å². The number of oxazole rings is 1. The first kappa shape index (κ1) is 20.6. The average molecular weight is 531 g/mol. The number of benzene rings is 2. The van der Waals surface area contributed by atoms with Crippen LogP contribution in [-0.4, -0.2) is 22.5 Å². The van der Waals surface area contributed by atoms with Gasteiger partial charge in [-0.15, -0.1) is 0 Å². The zero-order valence-electron chi connectivity index (χ0n) is 16.2. The van der Waals surface area contributed by atoms with Crippen LogP contribution in [0.2, 0.25) is 0 Å². The Morgan fingerprint density at radius 3 is 2.73 bits per heavy atom. The van der Waals surface area contributed by atoms with Gasteiger partial charge in [-0.2, -0.15) is 4.98 Å². The van der Waals surface area contributed by atoms with Gasteiger partial charge in [0.25, 0.3) is 5.91 Å². The maximum absolute atomic E-state index is 12.5. The number of carbonyl (C=O) groups excluding carboxylic acids is 1. The second kappa shape index (κ2) is 8.57. The van der Waals surface area contributed by atoms with Gasteiger partial charge in [0.15, 0.2) is 17.8 Å². The summed E-state index contributed by atoms with van der Waals surface area (Å²) in [6.07, 6.45) is 1.67. The van der Waals surface area contributed by atoms with E-state index in [4.69, 9.17) is 9.15 Å². The number of rotatable bonds is 5. The lowest BCUT2D eigenvalue weighted by molar-refractivity contribution is -0.118. The molecule has 0 bridgehead atoms. The van der Waals surface area contributed by atoms with Crippen molar-refractivity contribution >= 4 is 54.7 Å². The topological polar surface area (TPSA) is 77.3 Å². The summed E-state index contributed by atoms with van der Waals surface area (Å²) in [6.45, 7) is 3.73. The van der Waals surface area contributed by atoms with E-state index >= 15 is 0 Å². The molecule has 0 aliphatic carbocycles. The van der Waals surface area contributed by atoms with Gasteiger partial charge in [0.1, 0.15) is 5.75 Å². The molecule has 0 unspecified atom stereocenters. The van der Waals surface area contributed by atoms with Gasteiger partial charge >= 0.3 is 0 Å². The van der Waals surface area contributed by atoms with Gasteiger partial charge in [-0.05, 0) is 77.3 Å². The largest absolute Gasteiger partial charge is 0.482 e. The highest BCUT2D eigenvalue weighted by Crippen LogP contribution is 2.32. The lowest BCUT2D eigenvalue weighted by atomic mass is 10.1. The van der Waals surface area contributed by atoms with Crippen LogP contribution >= 0.6 is 31.9 Å². The van der Waals surface area contributed by atoms with Crippen LogP contribution in [0.1, 0.15) is 11.1 Å². The van der Waals surface area contributed by atoms with E-state index in [1.54, 1.807) is 12.3 Å². The van der Waals surface area contributed by atoms with Crippen LogP contribution in [0, 0.1) is 13.8 Å². The van der Waals surface area contributed by atoms with Crippen LogP contribution in [0.25, 0.3) is 22.7 Å². The van der Waals surface area contributed by atoms with Crippen LogP contribution < -0.4 is 10.1 Å². The summed E-state index contributed by atoms with van der Waals surface area (Å²) >= 11 is 6.90. The van der Waals surface area contributed by atoms with Gasteiger partial charge in [0, 0.05) is 21.9 Å². The number of carbonyl (C=O) groups is 1. The Morgan fingerprint density at radius 1 is 1.13 bits per heavy atom. The highest BCUT2D eigenvalue weighted by molar-refractivity contribution is 9.11. The van der Waals surface area contributed by atoms with Crippen molar-refractivity contribution in [1.82, 2.24) is 9.97 Å². The average Bonchev–Trinajstić information content (AvgIpc) is 3.13. The first-order valence-electron chi connectivity index (χ1n) is 9.11. The molecule has 1 amide bonds. The van der Waals surface area contributed by atoms with Crippen LogP contribution in [0.3, 0.4) is 0 Å².